The van der Waals surface area contributed by atoms with Gasteiger partial charge in [0.2, 0.25) is 5.91 Å². The van der Waals surface area contributed by atoms with Crippen LogP contribution < -0.4 is 10.6 Å². The van der Waals surface area contributed by atoms with Gasteiger partial charge in [0, 0.05) is 19.1 Å². The van der Waals surface area contributed by atoms with Crippen LogP contribution in [0.25, 0.3) is 0 Å². The van der Waals surface area contributed by atoms with E-state index in [1.807, 2.05) is 6.92 Å². The number of carbonyl (C=O) groups is 2. The van der Waals surface area contributed by atoms with Gasteiger partial charge in [-0.05, 0) is 19.3 Å². The highest BCUT2D eigenvalue weighted by Crippen LogP contribution is 2.19. The number of ether oxygens (including phenoxy) is 1. The molecule has 18 heavy (non-hydrogen) atoms. The molecule has 6 nitrogen and oxygen atoms in total. The fraction of sp³-hybridized carbons (Fsp3) is 0.833. The van der Waals surface area contributed by atoms with Crippen molar-refractivity contribution in [3.05, 3.63) is 0 Å². The fourth-order valence-corrected chi connectivity index (χ4v) is 1.92. The van der Waals surface area contributed by atoms with E-state index in [0.717, 1.165) is 19.3 Å². The van der Waals surface area contributed by atoms with E-state index in [1.54, 1.807) is 4.90 Å². The van der Waals surface area contributed by atoms with Gasteiger partial charge in [0.15, 0.2) is 0 Å². The number of nitrogens with one attached hydrogen (secondary N) is 2. The Morgan fingerprint density at radius 3 is 2.83 bits per heavy atom. The van der Waals surface area contributed by atoms with Crippen LogP contribution in [-0.4, -0.2) is 55.2 Å². The zero-order valence-electron chi connectivity index (χ0n) is 10.8. The summed E-state index contributed by atoms with van der Waals surface area (Å²) in [4.78, 5) is 25.6. The van der Waals surface area contributed by atoms with Crippen molar-refractivity contribution in [2.75, 3.05) is 26.3 Å². The van der Waals surface area contributed by atoms with Crippen LogP contribution >= 0.6 is 0 Å². The monoisotopic (exact) mass is 255 g/mol. The van der Waals surface area contributed by atoms with Gasteiger partial charge in [-0.15, -0.1) is 0 Å². The molecule has 102 valence electrons. The molecule has 1 aliphatic carbocycles. The van der Waals surface area contributed by atoms with Crippen molar-refractivity contribution in [1.82, 2.24) is 15.5 Å². The molecule has 1 saturated carbocycles. The quantitative estimate of drug-likeness (QED) is 0.747. The van der Waals surface area contributed by atoms with Crippen LogP contribution in [0.1, 0.15) is 26.2 Å². The number of morpholine rings is 1. The Morgan fingerprint density at radius 2 is 2.17 bits per heavy atom. The Morgan fingerprint density at radius 1 is 1.39 bits per heavy atom. The number of hydrogen-bond donors (Lipinski definition) is 2. The van der Waals surface area contributed by atoms with Gasteiger partial charge in [-0.3, -0.25) is 4.79 Å². The predicted octanol–water partition coefficient (Wildman–Crippen LogP) is 0.0854. The first-order valence-corrected chi connectivity index (χ1v) is 6.65. The van der Waals surface area contributed by atoms with Gasteiger partial charge in [-0.25, -0.2) is 4.79 Å². The van der Waals surface area contributed by atoms with Crippen LogP contribution in [0, 0.1) is 0 Å². The number of rotatable bonds is 4. The molecule has 2 N–H and O–H groups in total. The zero-order valence-corrected chi connectivity index (χ0v) is 10.8. The molecular formula is C12H21N3O3. The Kier molecular flexibility index (Phi) is 4.41. The summed E-state index contributed by atoms with van der Waals surface area (Å²) < 4.78 is 5.30. The maximum absolute atomic E-state index is 12.0. The normalized spacial score (nSPS) is 23.6. The highest BCUT2D eigenvalue weighted by atomic mass is 16.5. The summed E-state index contributed by atoms with van der Waals surface area (Å²) in [6.07, 6.45) is 2.97. The smallest absolute Gasteiger partial charge is 0.318 e. The minimum Gasteiger partial charge on any atom is -0.377 e. The van der Waals surface area contributed by atoms with E-state index in [-0.39, 0.29) is 18.5 Å². The van der Waals surface area contributed by atoms with Crippen LogP contribution in [0.3, 0.4) is 0 Å². The highest BCUT2D eigenvalue weighted by Gasteiger charge is 2.34. The lowest BCUT2D eigenvalue weighted by Crippen LogP contribution is -2.58. The maximum Gasteiger partial charge on any atom is 0.318 e. The molecule has 3 amide bonds. The minimum absolute atomic E-state index is 0.123. The molecule has 2 rings (SSSR count). The van der Waals surface area contributed by atoms with Crippen molar-refractivity contribution < 1.29 is 14.3 Å². The summed E-state index contributed by atoms with van der Waals surface area (Å²) in [5, 5.41) is 5.73. The van der Waals surface area contributed by atoms with Crippen LogP contribution in [0.4, 0.5) is 4.79 Å². The lowest BCUT2D eigenvalue weighted by atomic mass is 10.2. The number of nitrogens with zero attached hydrogens (tertiary/aromatic N) is 1. The summed E-state index contributed by atoms with van der Waals surface area (Å²) in [6, 6.07) is -0.332. The summed E-state index contributed by atoms with van der Waals surface area (Å²) >= 11 is 0. The van der Waals surface area contributed by atoms with Crippen molar-refractivity contribution >= 4 is 11.9 Å². The lowest BCUT2D eigenvalue weighted by Gasteiger charge is -2.34. The van der Waals surface area contributed by atoms with Gasteiger partial charge in [0.05, 0.1) is 13.2 Å². The van der Waals surface area contributed by atoms with Crippen molar-refractivity contribution in [2.45, 2.75) is 38.3 Å². The third kappa shape index (κ3) is 3.35. The lowest BCUT2D eigenvalue weighted by molar-refractivity contribution is -0.130. The van der Waals surface area contributed by atoms with Crippen molar-refractivity contribution in [3.8, 4) is 0 Å². The third-order valence-corrected chi connectivity index (χ3v) is 3.15. The van der Waals surface area contributed by atoms with Crippen LogP contribution in [0.15, 0.2) is 0 Å². The van der Waals surface area contributed by atoms with Crippen LogP contribution in [-0.2, 0) is 9.53 Å². The molecule has 1 aliphatic heterocycles. The first-order chi connectivity index (χ1) is 8.72. The van der Waals surface area contributed by atoms with E-state index in [2.05, 4.69) is 10.6 Å². The van der Waals surface area contributed by atoms with E-state index in [9.17, 15) is 9.59 Å². The maximum atomic E-state index is 12.0. The zero-order chi connectivity index (χ0) is 13.0. The second kappa shape index (κ2) is 6.04. The van der Waals surface area contributed by atoms with Crippen molar-refractivity contribution in [1.29, 1.82) is 0 Å². The van der Waals surface area contributed by atoms with Gasteiger partial charge in [-0.1, -0.05) is 6.92 Å². The average molecular weight is 255 g/mol. The van der Waals surface area contributed by atoms with Gasteiger partial charge >= 0.3 is 6.03 Å². The number of amides is 3. The van der Waals surface area contributed by atoms with E-state index >= 15 is 0 Å². The molecule has 0 spiro atoms. The van der Waals surface area contributed by atoms with Gasteiger partial charge in [-0.2, -0.15) is 0 Å². The summed E-state index contributed by atoms with van der Waals surface area (Å²) in [5.41, 5.74) is 0. The molecule has 0 aromatic rings. The van der Waals surface area contributed by atoms with Crippen molar-refractivity contribution in [3.63, 3.8) is 0 Å². The molecule has 0 radical (unpaired) electrons. The Balaban J connectivity index is 1.91. The van der Waals surface area contributed by atoms with Crippen molar-refractivity contribution in [2.24, 2.45) is 0 Å². The molecule has 2 aliphatic rings. The average Bonchev–Trinajstić information content (AvgIpc) is 3.19. The summed E-state index contributed by atoms with van der Waals surface area (Å²) in [5.74, 6) is -0.123. The Labute approximate surface area is 107 Å². The summed E-state index contributed by atoms with van der Waals surface area (Å²) in [6.45, 7) is 3.88. The van der Waals surface area contributed by atoms with Gasteiger partial charge in [0.1, 0.15) is 6.04 Å². The molecule has 1 heterocycles. The largest absolute Gasteiger partial charge is 0.377 e. The fourth-order valence-electron chi connectivity index (χ4n) is 1.92. The highest BCUT2D eigenvalue weighted by molar-refractivity contribution is 5.87. The SMILES string of the molecule is CCCNC(=O)C1COCCN1C(=O)NC1CC1. The summed E-state index contributed by atoms with van der Waals surface area (Å²) in [7, 11) is 0. The molecule has 0 aromatic carbocycles. The molecule has 1 saturated heterocycles. The molecule has 2 fully saturated rings. The second-order valence-corrected chi connectivity index (χ2v) is 4.80. The molecule has 0 aromatic heterocycles. The number of hydrogen-bond acceptors (Lipinski definition) is 3. The molecular weight excluding hydrogens is 234 g/mol. The molecule has 0 bridgehead atoms. The molecule has 6 heteroatoms. The van der Waals surface area contributed by atoms with E-state index < -0.39 is 6.04 Å². The Hall–Kier alpha value is -1.30. The topological polar surface area (TPSA) is 70.7 Å². The molecule has 1 unspecified atom stereocenters. The van der Waals surface area contributed by atoms with Gasteiger partial charge < -0.3 is 20.3 Å². The predicted molar refractivity (Wildman–Crippen MR) is 66.2 cm³/mol. The standard InChI is InChI=1S/C12H21N3O3/c1-2-5-13-11(16)10-8-18-7-6-15(10)12(17)14-9-3-4-9/h9-10H,2-8H2,1H3,(H,13,16)(H,14,17). The number of carbonyl (C=O) groups excluding carboxylic acids is 2. The van der Waals surface area contributed by atoms with E-state index in [4.69, 9.17) is 4.74 Å². The van der Waals surface area contributed by atoms with E-state index in [0.29, 0.717) is 25.7 Å². The third-order valence-electron chi connectivity index (χ3n) is 3.15. The second-order valence-electron chi connectivity index (χ2n) is 4.80. The first-order valence-electron chi connectivity index (χ1n) is 6.65. The van der Waals surface area contributed by atoms with Crippen LogP contribution in [0.2, 0.25) is 0 Å². The number of urea groups is 1. The van der Waals surface area contributed by atoms with Crippen LogP contribution in [0.5, 0.6) is 0 Å². The van der Waals surface area contributed by atoms with Gasteiger partial charge in [0.25, 0.3) is 0 Å². The first kappa shape index (κ1) is 13.1. The van der Waals surface area contributed by atoms with E-state index in [1.165, 1.54) is 0 Å². The Bertz CT molecular complexity index is 318. The molecule has 1 atom stereocenters. The minimum atomic E-state index is -0.496.